The maximum atomic E-state index is 11.0. The van der Waals surface area contributed by atoms with Crippen molar-refractivity contribution in [3.05, 3.63) is 69.7 Å². The molecular formula is C30H41BrCuIO4Si2. The summed E-state index contributed by atoms with van der Waals surface area (Å²) in [6.45, 7) is 13.1. The molecule has 0 aliphatic heterocycles. The summed E-state index contributed by atoms with van der Waals surface area (Å²) < 4.78 is 10.2. The zero-order valence-corrected chi connectivity index (χ0v) is 30.9. The van der Waals surface area contributed by atoms with E-state index in [1.165, 1.54) is 14.2 Å². The molecule has 2 aromatic rings. The van der Waals surface area contributed by atoms with E-state index in [1.807, 2.05) is 48.5 Å². The van der Waals surface area contributed by atoms with E-state index in [0.717, 1.165) is 27.6 Å². The molecular weight excluding hydrogens is 751 g/mol. The Kier molecular flexibility index (Phi) is 22.8. The second-order valence-electron chi connectivity index (χ2n) is 10.4. The topological polar surface area (TPSA) is 52.6 Å². The molecule has 0 spiro atoms. The number of hydrogen-bond donors (Lipinski definition) is 0. The van der Waals surface area contributed by atoms with Crippen LogP contribution < -0.4 is 0 Å². The van der Waals surface area contributed by atoms with Crippen LogP contribution in [0.5, 0.6) is 0 Å². The number of rotatable bonds is 6. The molecule has 0 aliphatic rings. The van der Waals surface area contributed by atoms with Crippen LogP contribution in [0.15, 0.2) is 53.0 Å². The van der Waals surface area contributed by atoms with Crippen LogP contribution in [0.4, 0.5) is 0 Å². The molecule has 0 amide bonds. The van der Waals surface area contributed by atoms with Gasteiger partial charge in [0.1, 0.15) is 16.1 Å². The van der Waals surface area contributed by atoms with Crippen molar-refractivity contribution in [2.45, 2.75) is 65.0 Å². The van der Waals surface area contributed by atoms with Gasteiger partial charge in [0.2, 0.25) is 0 Å². The van der Waals surface area contributed by atoms with E-state index in [-0.39, 0.29) is 11.9 Å². The maximum absolute atomic E-state index is 11.0. The molecule has 0 N–H and O–H groups in total. The molecule has 0 atom stereocenters. The fourth-order valence-electron chi connectivity index (χ4n) is 2.36. The van der Waals surface area contributed by atoms with Crippen LogP contribution in [0.1, 0.15) is 29.5 Å². The van der Waals surface area contributed by atoms with Crippen molar-refractivity contribution in [2.24, 2.45) is 0 Å². The van der Waals surface area contributed by atoms with Gasteiger partial charge in [0.25, 0.3) is 0 Å². The Morgan fingerprint density at radius 3 is 1.46 bits per heavy atom. The van der Waals surface area contributed by atoms with Crippen LogP contribution in [-0.2, 0) is 44.7 Å². The van der Waals surface area contributed by atoms with Crippen LogP contribution in [0.2, 0.25) is 39.3 Å². The number of benzene rings is 2. The average Bonchev–Trinajstić information content (AvgIpc) is 2.91. The van der Waals surface area contributed by atoms with E-state index in [0.29, 0.717) is 19.3 Å². The molecule has 0 saturated carbocycles. The summed E-state index contributed by atoms with van der Waals surface area (Å²) in [5.74, 6) is 2.88. The molecule has 0 saturated heterocycles. The number of ether oxygens (including phenoxy) is 2. The van der Waals surface area contributed by atoms with Gasteiger partial charge in [-0.05, 0) is 48.2 Å². The quantitative estimate of drug-likeness (QED) is 0.129. The summed E-state index contributed by atoms with van der Waals surface area (Å²) in [4.78, 5) is 21.8. The summed E-state index contributed by atoms with van der Waals surface area (Å²) in [6, 6.07) is 16.0. The molecule has 218 valence electrons. The Morgan fingerprint density at radius 1 is 0.795 bits per heavy atom. The zero-order chi connectivity index (χ0) is 30.5. The molecule has 0 unspecified atom stereocenters. The Balaban J connectivity index is 0. The number of terminal acetylenes is 1. The minimum atomic E-state index is -1.31. The first-order chi connectivity index (χ1) is 18.2. The molecule has 2 aromatic carbocycles. The van der Waals surface area contributed by atoms with Gasteiger partial charge in [-0.1, -0.05) is 85.4 Å². The monoisotopic (exact) mass is 790 g/mol. The first-order valence-corrected chi connectivity index (χ1v) is 23.1. The Bertz CT molecular complexity index is 1080. The normalized spacial score (nSPS) is 9.82. The molecule has 0 radical (unpaired) electrons. The van der Waals surface area contributed by atoms with Gasteiger partial charge in [0.15, 0.2) is 0 Å². The number of carbonyl (C=O) groups is 2. The van der Waals surface area contributed by atoms with Gasteiger partial charge in [0.05, 0.1) is 14.2 Å². The molecule has 0 fully saturated rings. The molecule has 0 heterocycles. The van der Waals surface area contributed by atoms with Gasteiger partial charge in [-0.15, -0.1) is 17.5 Å². The zero-order valence-electron chi connectivity index (χ0n) is 24.2. The third-order valence-corrected chi connectivity index (χ3v) is 6.84. The van der Waals surface area contributed by atoms with Crippen LogP contribution in [0.25, 0.3) is 0 Å². The summed E-state index contributed by atoms with van der Waals surface area (Å²) >= 11 is 9.22. The van der Waals surface area contributed by atoms with Gasteiger partial charge in [-0.2, -0.15) is 0 Å². The standard InChI is InChI=1S/C15H20O2Si.C10H11BrO2.C5H10Si.Cu.HI/c1-17-15(16)10-9-13-5-7-14(8-6-13)11-12-18(2,3)4;1-13-10(12)7-4-8-2-5-9(11)6-3-8;1-5-6(2,3)4;;/h5-8H,9-10H2,1-4H3;2-3,5-6H,4,7H2,1H3;1H,2-4H3;;1H/q;;;+1;/p-1. The molecule has 0 aromatic heterocycles. The Labute approximate surface area is 266 Å². The molecule has 0 aliphatic carbocycles. The second-order valence-corrected chi connectivity index (χ2v) is 20.8. The van der Waals surface area contributed by atoms with Crippen LogP contribution in [0.3, 0.4) is 0 Å². The minimum absolute atomic E-state index is 0.164. The van der Waals surface area contributed by atoms with Crippen LogP contribution in [0, 0.1) is 23.4 Å². The summed E-state index contributed by atoms with van der Waals surface area (Å²) in [6.07, 6.45) is 7.44. The number of methoxy groups -OCH3 is 2. The Morgan fingerprint density at radius 2 is 1.15 bits per heavy atom. The number of hydrogen-bond acceptors (Lipinski definition) is 4. The van der Waals surface area contributed by atoms with Gasteiger partial charge in [-0.3, -0.25) is 9.59 Å². The molecule has 9 heteroatoms. The van der Waals surface area contributed by atoms with Gasteiger partial charge >= 0.3 is 45.0 Å². The number of aryl methyl sites for hydroxylation is 2. The summed E-state index contributed by atoms with van der Waals surface area (Å²) in [7, 11) is 0.406. The van der Waals surface area contributed by atoms with Gasteiger partial charge in [-0.25, -0.2) is 0 Å². The molecule has 2 rings (SSSR count). The van der Waals surface area contributed by atoms with Crippen molar-refractivity contribution < 1.29 is 31.8 Å². The third kappa shape index (κ3) is 25.4. The van der Waals surface area contributed by atoms with E-state index in [9.17, 15) is 9.59 Å². The van der Waals surface area contributed by atoms with Gasteiger partial charge < -0.3 is 9.47 Å². The average molecular weight is 792 g/mol. The summed E-state index contributed by atoms with van der Waals surface area (Å²) in [5.41, 5.74) is 9.40. The Hall–Kier alpha value is -1.34. The predicted molar refractivity (Wildman–Crippen MR) is 178 cm³/mol. The van der Waals surface area contributed by atoms with Crippen molar-refractivity contribution in [3.8, 4) is 23.4 Å². The first-order valence-electron chi connectivity index (χ1n) is 12.3. The van der Waals surface area contributed by atoms with Crippen molar-refractivity contribution in [2.75, 3.05) is 14.2 Å². The van der Waals surface area contributed by atoms with Crippen molar-refractivity contribution in [1.82, 2.24) is 0 Å². The van der Waals surface area contributed by atoms with Gasteiger partial charge in [0, 0.05) is 22.9 Å². The van der Waals surface area contributed by atoms with Crippen LogP contribution >= 0.6 is 36.3 Å². The third-order valence-electron chi connectivity index (χ3n) is 4.57. The fraction of sp³-hybridized carbons (Fsp3) is 0.400. The van der Waals surface area contributed by atoms with E-state index in [1.54, 1.807) is 20.3 Å². The summed E-state index contributed by atoms with van der Waals surface area (Å²) in [5, 5.41) is 0. The van der Waals surface area contributed by atoms with E-state index >= 15 is 0 Å². The number of halogens is 2. The van der Waals surface area contributed by atoms with Crippen molar-refractivity contribution >= 4 is 64.4 Å². The van der Waals surface area contributed by atoms with E-state index in [4.69, 9.17) is 6.42 Å². The van der Waals surface area contributed by atoms with Crippen molar-refractivity contribution in [1.29, 1.82) is 0 Å². The molecule has 39 heavy (non-hydrogen) atoms. The van der Waals surface area contributed by atoms with E-state index < -0.39 is 16.1 Å². The SMILES string of the molecule is C#C[Si](C)(C)C.COC(=O)CCc1ccc(Br)cc1.COC(=O)CCc1ccc(C#C[Si](C)(C)C)cc1.[Cu][I]. The number of esters is 2. The van der Waals surface area contributed by atoms with E-state index in [2.05, 4.69) is 94.5 Å². The van der Waals surface area contributed by atoms with Crippen molar-refractivity contribution in [3.63, 3.8) is 0 Å². The molecule has 0 bridgehead atoms. The first kappa shape index (κ1) is 39.8. The molecule has 4 nitrogen and oxygen atoms in total. The fourth-order valence-corrected chi connectivity index (χ4v) is 3.15. The number of carbonyl (C=O) groups excluding carboxylic acids is 2. The second kappa shape index (κ2) is 22.4. The van der Waals surface area contributed by atoms with Crippen LogP contribution in [-0.4, -0.2) is 42.3 Å². The predicted octanol–water partition coefficient (Wildman–Crippen LogP) is 7.96.